The van der Waals surface area contributed by atoms with E-state index in [2.05, 4.69) is 4.72 Å². The maximum absolute atomic E-state index is 12.8. The van der Waals surface area contributed by atoms with Gasteiger partial charge in [0, 0.05) is 28.4 Å². The first-order valence-corrected chi connectivity index (χ1v) is 12.6. The lowest BCUT2D eigenvalue weighted by atomic mass is 10.1. The fraction of sp³-hybridized carbons (Fsp3) is 0.200. The molecule has 0 unspecified atom stereocenters. The zero-order valence-electron chi connectivity index (χ0n) is 15.9. The Morgan fingerprint density at radius 2 is 1.94 bits per heavy atom. The predicted octanol–water partition coefficient (Wildman–Crippen LogP) is 3.79. The molecule has 160 valence electrons. The fourth-order valence-corrected chi connectivity index (χ4v) is 6.96. The number of nitrogens with one attached hydrogen (secondary N) is 1. The zero-order valence-corrected chi connectivity index (χ0v) is 19.1. The molecule has 0 radical (unpaired) electrons. The van der Waals surface area contributed by atoms with Crippen molar-refractivity contribution < 1.29 is 18.3 Å². The van der Waals surface area contributed by atoms with Crippen LogP contribution in [0.25, 0.3) is 9.75 Å². The number of amides is 1. The van der Waals surface area contributed by atoms with Crippen molar-refractivity contribution >= 4 is 50.2 Å². The average Bonchev–Trinajstić information content (AvgIpc) is 3.46. The van der Waals surface area contributed by atoms with Crippen LogP contribution in [0.3, 0.4) is 0 Å². The van der Waals surface area contributed by atoms with Crippen LogP contribution in [0.4, 0.5) is 0 Å². The first-order valence-electron chi connectivity index (χ1n) is 9.15. The first-order chi connectivity index (χ1) is 14.8. The predicted molar refractivity (Wildman–Crippen MR) is 120 cm³/mol. The van der Waals surface area contributed by atoms with Gasteiger partial charge in [-0.3, -0.25) is 4.79 Å². The summed E-state index contributed by atoms with van der Waals surface area (Å²) in [5.74, 6) is -0.386. The maximum atomic E-state index is 12.8. The molecule has 1 fully saturated rings. The Hall–Kier alpha value is -2.42. The van der Waals surface area contributed by atoms with Gasteiger partial charge in [-0.2, -0.15) is 9.98 Å². The number of sulfonamides is 1. The van der Waals surface area contributed by atoms with Crippen LogP contribution in [0.5, 0.6) is 5.75 Å². The third-order valence-corrected chi connectivity index (χ3v) is 9.30. The molecular weight excluding hydrogens is 478 g/mol. The Kier molecular flexibility index (Phi) is 6.05. The van der Waals surface area contributed by atoms with Crippen molar-refractivity contribution in [3.63, 3.8) is 0 Å². The van der Waals surface area contributed by atoms with Gasteiger partial charge in [-0.15, -0.1) is 22.7 Å². The van der Waals surface area contributed by atoms with Gasteiger partial charge in [0.05, 0.1) is 16.0 Å². The Morgan fingerprint density at radius 3 is 2.65 bits per heavy atom. The number of nitriles is 1. The van der Waals surface area contributed by atoms with Crippen molar-refractivity contribution in [2.24, 2.45) is 0 Å². The number of halogens is 1. The summed E-state index contributed by atoms with van der Waals surface area (Å²) in [4.78, 5) is 15.9. The molecule has 1 aliphatic heterocycles. The van der Waals surface area contributed by atoms with Gasteiger partial charge in [-0.25, -0.2) is 8.42 Å². The highest BCUT2D eigenvalue weighted by atomic mass is 35.5. The van der Waals surface area contributed by atoms with Crippen molar-refractivity contribution in [2.45, 2.75) is 23.2 Å². The third-order valence-electron chi connectivity index (χ3n) is 4.83. The Bertz CT molecular complexity index is 1290. The summed E-state index contributed by atoms with van der Waals surface area (Å²) in [5.41, 5.74) is 0.811. The molecule has 0 bridgehead atoms. The van der Waals surface area contributed by atoms with Crippen molar-refractivity contribution in [3.05, 3.63) is 57.9 Å². The highest BCUT2D eigenvalue weighted by Crippen LogP contribution is 2.37. The lowest BCUT2D eigenvalue weighted by Gasteiger charge is -2.18. The summed E-state index contributed by atoms with van der Waals surface area (Å²) in [5, 5.41) is 19.0. The van der Waals surface area contributed by atoms with Crippen molar-refractivity contribution in [1.29, 1.82) is 5.26 Å². The maximum Gasteiger partial charge on any atom is 0.250 e. The Labute approximate surface area is 192 Å². The molecule has 1 atom stereocenters. The van der Waals surface area contributed by atoms with E-state index in [1.807, 2.05) is 12.1 Å². The molecule has 1 aromatic carbocycles. The number of hydrogen-bond acceptors (Lipinski definition) is 7. The number of phenols is 1. The molecule has 1 aliphatic rings. The van der Waals surface area contributed by atoms with E-state index in [1.54, 1.807) is 12.1 Å². The summed E-state index contributed by atoms with van der Waals surface area (Å²) in [6.07, 6.45) is 0.315. The number of benzene rings is 1. The largest absolute Gasteiger partial charge is 0.508 e. The summed E-state index contributed by atoms with van der Waals surface area (Å²) in [7, 11) is -3.87. The van der Waals surface area contributed by atoms with Crippen LogP contribution in [0.2, 0.25) is 4.34 Å². The van der Waals surface area contributed by atoms with Crippen LogP contribution < -0.4 is 4.72 Å². The van der Waals surface area contributed by atoms with Gasteiger partial charge in [0.25, 0.3) is 10.0 Å². The highest BCUT2D eigenvalue weighted by Gasteiger charge is 2.35. The normalized spacial score (nSPS) is 16.6. The monoisotopic (exact) mass is 493 g/mol. The number of nitrogens with zero attached hydrogens (tertiary/aromatic N) is 2. The molecule has 1 amide bonds. The van der Waals surface area contributed by atoms with Crippen LogP contribution >= 0.6 is 34.3 Å². The van der Waals surface area contributed by atoms with Crippen LogP contribution in [0, 0.1) is 11.3 Å². The average molecular weight is 494 g/mol. The summed E-state index contributed by atoms with van der Waals surface area (Å²) in [6.45, 7) is 0.437. The number of rotatable bonds is 6. The Balaban J connectivity index is 1.46. The second kappa shape index (κ2) is 8.61. The van der Waals surface area contributed by atoms with Gasteiger partial charge in [-0.05, 0) is 48.9 Å². The zero-order chi connectivity index (χ0) is 22.2. The smallest absolute Gasteiger partial charge is 0.250 e. The minimum absolute atomic E-state index is 0.0179. The van der Waals surface area contributed by atoms with Crippen molar-refractivity contribution in [3.8, 4) is 21.6 Å². The van der Waals surface area contributed by atoms with E-state index in [0.717, 1.165) is 21.1 Å². The summed E-state index contributed by atoms with van der Waals surface area (Å²) in [6, 6.07) is 12.3. The SMILES string of the molecule is N#Cc1ccc(O)c(CN2CC[C@H](NS(=O)(=O)c3ccc(-c4ccc(Cl)s4)s3)C2=O)c1. The van der Waals surface area contributed by atoms with Gasteiger partial charge < -0.3 is 10.0 Å². The van der Waals surface area contributed by atoms with Crippen LogP contribution in [0.1, 0.15) is 17.5 Å². The second-order valence-corrected chi connectivity index (χ2v) is 11.6. The molecule has 0 aliphatic carbocycles. The molecule has 11 heteroatoms. The number of aromatic hydroxyl groups is 1. The van der Waals surface area contributed by atoms with Gasteiger partial charge in [0.1, 0.15) is 16.0 Å². The standard InChI is InChI=1S/C20H16ClN3O4S3/c21-18-5-3-16(29-18)17-4-6-19(30-17)31(27,28)23-14-7-8-24(20(14)26)11-13-9-12(10-22)1-2-15(13)25/h1-6,9,14,23,25H,7-8,11H2/t14-/m0/s1. The lowest BCUT2D eigenvalue weighted by molar-refractivity contribution is -0.129. The van der Waals surface area contributed by atoms with E-state index >= 15 is 0 Å². The highest BCUT2D eigenvalue weighted by molar-refractivity contribution is 7.91. The molecule has 31 heavy (non-hydrogen) atoms. The van der Waals surface area contributed by atoms with E-state index in [0.29, 0.717) is 28.4 Å². The van der Waals surface area contributed by atoms with Crippen LogP contribution in [0.15, 0.2) is 46.7 Å². The molecule has 3 aromatic rings. The number of thiophene rings is 2. The van der Waals surface area contributed by atoms with Crippen LogP contribution in [-0.4, -0.2) is 36.9 Å². The molecule has 3 heterocycles. The number of phenolic OH excluding ortho intramolecular Hbond substituents is 1. The van der Waals surface area contributed by atoms with E-state index < -0.39 is 16.1 Å². The van der Waals surface area contributed by atoms with Crippen molar-refractivity contribution in [1.82, 2.24) is 9.62 Å². The molecule has 4 rings (SSSR count). The number of likely N-dealkylation sites (tertiary alicyclic amines) is 1. The topological polar surface area (TPSA) is 110 Å². The fourth-order valence-electron chi connectivity index (χ4n) is 3.28. The first kappa shape index (κ1) is 21.8. The molecule has 2 N–H and O–H groups in total. The lowest BCUT2D eigenvalue weighted by Crippen LogP contribution is -2.41. The van der Waals surface area contributed by atoms with E-state index in [1.165, 1.54) is 40.5 Å². The van der Waals surface area contributed by atoms with Gasteiger partial charge in [-0.1, -0.05) is 11.6 Å². The molecule has 7 nitrogen and oxygen atoms in total. The number of hydrogen-bond donors (Lipinski definition) is 2. The number of carbonyl (C=O) groups is 1. The van der Waals surface area contributed by atoms with Gasteiger partial charge in [0.2, 0.25) is 5.91 Å². The van der Waals surface area contributed by atoms with Gasteiger partial charge in [0.15, 0.2) is 0 Å². The Morgan fingerprint density at radius 1 is 1.19 bits per heavy atom. The minimum Gasteiger partial charge on any atom is -0.508 e. The van der Waals surface area contributed by atoms with Gasteiger partial charge >= 0.3 is 0 Å². The van der Waals surface area contributed by atoms with E-state index in [-0.39, 0.29) is 22.4 Å². The molecule has 2 aromatic heterocycles. The summed E-state index contributed by atoms with van der Waals surface area (Å²) < 4.78 is 28.9. The van der Waals surface area contributed by atoms with E-state index in [9.17, 15) is 18.3 Å². The van der Waals surface area contributed by atoms with E-state index in [4.69, 9.17) is 16.9 Å². The molecule has 0 spiro atoms. The molecule has 1 saturated heterocycles. The van der Waals surface area contributed by atoms with Crippen molar-refractivity contribution in [2.75, 3.05) is 6.54 Å². The minimum atomic E-state index is -3.87. The number of carbonyl (C=O) groups excluding carboxylic acids is 1. The van der Waals surface area contributed by atoms with Crippen LogP contribution in [-0.2, 0) is 21.4 Å². The third kappa shape index (κ3) is 4.61. The molecule has 0 saturated carbocycles. The molecular formula is C20H16ClN3O4S3. The second-order valence-electron chi connectivity index (χ2n) is 6.90. The quantitative estimate of drug-likeness (QED) is 0.542. The summed E-state index contributed by atoms with van der Waals surface area (Å²) >= 11 is 8.43.